The van der Waals surface area contributed by atoms with Crippen LogP contribution < -0.4 is 5.32 Å². The summed E-state index contributed by atoms with van der Waals surface area (Å²) in [6.07, 6.45) is 5.26. The van der Waals surface area contributed by atoms with Crippen molar-refractivity contribution in [2.75, 3.05) is 32.7 Å². The monoisotopic (exact) mass is 442 g/mol. The van der Waals surface area contributed by atoms with E-state index in [-0.39, 0.29) is 17.9 Å². The fourth-order valence-corrected chi connectivity index (χ4v) is 6.20. The van der Waals surface area contributed by atoms with Gasteiger partial charge in [0.1, 0.15) is 11.5 Å². The Morgan fingerprint density at radius 3 is 2.66 bits per heavy atom. The average molecular weight is 443 g/mol. The summed E-state index contributed by atoms with van der Waals surface area (Å²) in [5.41, 5.74) is 0. The first-order valence-corrected chi connectivity index (χ1v) is 12.1. The molecule has 0 unspecified atom stereocenters. The summed E-state index contributed by atoms with van der Waals surface area (Å²) in [5.74, 6) is 2.69. The molecule has 1 aromatic heterocycles. The van der Waals surface area contributed by atoms with Crippen LogP contribution in [0.4, 0.5) is 4.79 Å². The molecule has 8 heteroatoms. The molecule has 1 N–H and O–H groups in total. The number of rotatable bonds is 3. The number of carbonyl (C=O) groups is 3. The number of nitrogens with one attached hydrogen (secondary N) is 1. The molecule has 1 aromatic rings. The van der Waals surface area contributed by atoms with Gasteiger partial charge in [-0.3, -0.25) is 9.59 Å². The minimum atomic E-state index is -0.0577. The van der Waals surface area contributed by atoms with E-state index < -0.39 is 0 Å². The maximum Gasteiger partial charge on any atom is 0.320 e. The predicted molar refractivity (Wildman–Crippen MR) is 118 cm³/mol. The molecule has 8 nitrogen and oxygen atoms in total. The van der Waals surface area contributed by atoms with Crippen LogP contribution in [0.5, 0.6) is 0 Å². The van der Waals surface area contributed by atoms with E-state index in [1.807, 2.05) is 28.9 Å². The second-order valence-electron chi connectivity index (χ2n) is 10.0. The number of likely N-dealkylation sites (tertiary alicyclic amines) is 2. The SMILES string of the molecule is Cc1ccc(CNC(=O)C2CCN(C(=O)N3C[C@H]4C[C@H](C3)[C@H]3CCCC(=O)N3C4)CC2)o1. The van der Waals surface area contributed by atoms with Gasteiger partial charge in [0.05, 0.1) is 6.54 Å². The topological polar surface area (TPSA) is 86.1 Å². The zero-order valence-corrected chi connectivity index (χ0v) is 18.9. The Morgan fingerprint density at radius 2 is 1.91 bits per heavy atom. The molecule has 5 rings (SSSR count). The quantitative estimate of drug-likeness (QED) is 0.779. The van der Waals surface area contributed by atoms with Gasteiger partial charge < -0.3 is 24.4 Å². The number of piperidine rings is 4. The lowest BCUT2D eigenvalue weighted by Crippen LogP contribution is -2.62. The van der Waals surface area contributed by atoms with Gasteiger partial charge in [0, 0.05) is 51.1 Å². The van der Waals surface area contributed by atoms with Crippen molar-refractivity contribution in [3.8, 4) is 0 Å². The van der Waals surface area contributed by atoms with Gasteiger partial charge in [-0.15, -0.1) is 0 Å². The molecule has 3 atom stereocenters. The summed E-state index contributed by atoms with van der Waals surface area (Å²) >= 11 is 0. The number of amides is 4. The highest BCUT2D eigenvalue weighted by Crippen LogP contribution is 2.38. The van der Waals surface area contributed by atoms with Crippen LogP contribution >= 0.6 is 0 Å². The molecule has 4 saturated heterocycles. The molecule has 4 amide bonds. The van der Waals surface area contributed by atoms with E-state index in [0.29, 0.717) is 62.7 Å². The molecule has 32 heavy (non-hydrogen) atoms. The number of fused-ring (bicyclic) bond motifs is 4. The number of hydrogen-bond donors (Lipinski definition) is 1. The third kappa shape index (κ3) is 4.24. The molecule has 0 saturated carbocycles. The zero-order chi connectivity index (χ0) is 22.2. The Balaban J connectivity index is 1.11. The lowest BCUT2D eigenvalue weighted by atomic mass is 9.76. The van der Waals surface area contributed by atoms with Crippen LogP contribution in [0.2, 0.25) is 0 Å². The first-order chi connectivity index (χ1) is 15.5. The van der Waals surface area contributed by atoms with Crippen LogP contribution in [-0.2, 0) is 16.1 Å². The third-order valence-electron chi connectivity index (χ3n) is 7.82. The number of hydrogen-bond acceptors (Lipinski definition) is 4. The summed E-state index contributed by atoms with van der Waals surface area (Å²) in [6, 6.07) is 4.20. The maximum atomic E-state index is 13.3. The molecule has 4 aliphatic rings. The van der Waals surface area contributed by atoms with Gasteiger partial charge in [-0.25, -0.2) is 4.79 Å². The van der Waals surface area contributed by atoms with Gasteiger partial charge >= 0.3 is 6.03 Å². The van der Waals surface area contributed by atoms with Crippen LogP contribution in [-0.4, -0.2) is 71.3 Å². The molecule has 0 aromatic carbocycles. The van der Waals surface area contributed by atoms with Crippen LogP contribution in [0.25, 0.3) is 0 Å². The lowest BCUT2D eigenvalue weighted by molar-refractivity contribution is -0.144. The number of aryl methyl sites for hydroxylation is 1. The minimum absolute atomic E-state index is 0.0423. The van der Waals surface area contributed by atoms with E-state index in [9.17, 15) is 14.4 Å². The highest BCUT2D eigenvalue weighted by molar-refractivity contribution is 5.80. The second kappa shape index (κ2) is 8.79. The smallest absolute Gasteiger partial charge is 0.320 e. The van der Waals surface area contributed by atoms with Gasteiger partial charge in [0.15, 0.2) is 0 Å². The molecule has 4 fully saturated rings. The third-order valence-corrected chi connectivity index (χ3v) is 7.82. The lowest BCUT2D eigenvalue weighted by Gasteiger charge is -2.53. The molecule has 0 aliphatic carbocycles. The van der Waals surface area contributed by atoms with Crippen LogP contribution in [0.3, 0.4) is 0 Å². The molecule has 0 spiro atoms. The molecule has 174 valence electrons. The van der Waals surface area contributed by atoms with Gasteiger partial charge in [0.2, 0.25) is 11.8 Å². The first kappa shape index (κ1) is 21.3. The Hall–Kier alpha value is -2.51. The average Bonchev–Trinajstić information content (AvgIpc) is 3.23. The first-order valence-electron chi connectivity index (χ1n) is 12.1. The van der Waals surface area contributed by atoms with Crippen molar-refractivity contribution in [2.45, 2.75) is 58.0 Å². The summed E-state index contributed by atoms with van der Waals surface area (Å²) in [6.45, 7) is 5.84. The Bertz CT molecular complexity index is 875. The van der Waals surface area contributed by atoms with Gasteiger partial charge in [-0.05, 0) is 63.0 Å². The normalized spacial score (nSPS) is 28.5. The summed E-state index contributed by atoms with van der Waals surface area (Å²) in [7, 11) is 0. The summed E-state index contributed by atoms with van der Waals surface area (Å²) in [5, 5.41) is 2.97. The largest absolute Gasteiger partial charge is 0.465 e. The molecule has 2 bridgehead atoms. The fourth-order valence-electron chi connectivity index (χ4n) is 6.20. The number of urea groups is 1. The summed E-state index contributed by atoms with van der Waals surface area (Å²) < 4.78 is 5.51. The van der Waals surface area contributed by atoms with E-state index in [0.717, 1.165) is 50.4 Å². The summed E-state index contributed by atoms with van der Waals surface area (Å²) in [4.78, 5) is 44.2. The Kier molecular flexibility index (Phi) is 5.86. The van der Waals surface area contributed by atoms with E-state index in [1.165, 1.54) is 0 Å². The molecular formula is C24H34N4O4. The fraction of sp³-hybridized carbons (Fsp3) is 0.708. The number of furan rings is 1. The van der Waals surface area contributed by atoms with Crippen molar-refractivity contribution in [1.29, 1.82) is 0 Å². The standard InChI is InChI=1S/C24H34N4O4/c1-16-5-6-20(32-16)12-25-23(30)18-7-9-26(10-8-18)24(31)27-13-17-11-19(15-27)21-3-2-4-22(29)28(21)14-17/h5-6,17-19,21H,2-4,7-15H2,1H3,(H,25,30)/t17-,19-,21-/m1/s1. The van der Waals surface area contributed by atoms with E-state index in [2.05, 4.69) is 10.2 Å². The Labute approximate surface area is 189 Å². The van der Waals surface area contributed by atoms with Gasteiger partial charge in [-0.1, -0.05) is 0 Å². The molecule has 4 aliphatic heterocycles. The second-order valence-corrected chi connectivity index (χ2v) is 10.0. The number of nitrogens with zero attached hydrogens (tertiary/aromatic N) is 3. The minimum Gasteiger partial charge on any atom is -0.465 e. The van der Waals surface area contributed by atoms with E-state index >= 15 is 0 Å². The van der Waals surface area contributed by atoms with Gasteiger partial charge in [-0.2, -0.15) is 0 Å². The van der Waals surface area contributed by atoms with E-state index in [1.54, 1.807) is 0 Å². The van der Waals surface area contributed by atoms with Crippen molar-refractivity contribution in [3.05, 3.63) is 23.7 Å². The zero-order valence-electron chi connectivity index (χ0n) is 18.9. The Morgan fingerprint density at radius 1 is 1.09 bits per heavy atom. The maximum absolute atomic E-state index is 13.3. The van der Waals surface area contributed by atoms with E-state index in [4.69, 9.17) is 4.42 Å². The van der Waals surface area contributed by atoms with Crippen molar-refractivity contribution in [1.82, 2.24) is 20.0 Å². The predicted octanol–water partition coefficient (Wildman–Crippen LogP) is 2.37. The van der Waals surface area contributed by atoms with Gasteiger partial charge in [0.25, 0.3) is 0 Å². The van der Waals surface area contributed by atoms with Crippen molar-refractivity contribution < 1.29 is 18.8 Å². The highest BCUT2D eigenvalue weighted by atomic mass is 16.3. The van der Waals surface area contributed by atoms with Crippen molar-refractivity contribution >= 4 is 17.8 Å². The number of carbonyl (C=O) groups excluding carboxylic acids is 3. The molecule has 0 radical (unpaired) electrons. The van der Waals surface area contributed by atoms with Crippen molar-refractivity contribution in [3.63, 3.8) is 0 Å². The van der Waals surface area contributed by atoms with Crippen molar-refractivity contribution in [2.24, 2.45) is 17.8 Å². The highest BCUT2D eigenvalue weighted by Gasteiger charge is 2.45. The molecule has 5 heterocycles. The molecular weight excluding hydrogens is 408 g/mol. The van der Waals surface area contributed by atoms with Crippen LogP contribution in [0.15, 0.2) is 16.5 Å². The van der Waals surface area contributed by atoms with Crippen LogP contribution in [0, 0.1) is 24.7 Å². The van der Waals surface area contributed by atoms with Crippen LogP contribution in [0.1, 0.15) is 50.0 Å².